The lowest BCUT2D eigenvalue weighted by molar-refractivity contribution is 0.191. The van der Waals surface area contributed by atoms with E-state index in [1.54, 1.807) is 11.3 Å². The van der Waals surface area contributed by atoms with Gasteiger partial charge in [-0.2, -0.15) is 0 Å². The first-order valence-corrected chi connectivity index (χ1v) is 10.1. The number of nitrogens with two attached hydrogens (primary N) is 1. The summed E-state index contributed by atoms with van der Waals surface area (Å²) in [5.41, 5.74) is 7.46. The number of aromatic nitrogens is 4. The Labute approximate surface area is 163 Å². The van der Waals surface area contributed by atoms with Crippen molar-refractivity contribution in [1.82, 2.24) is 24.8 Å². The van der Waals surface area contributed by atoms with E-state index < -0.39 is 0 Å². The Morgan fingerprint density at radius 3 is 2.52 bits per heavy atom. The van der Waals surface area contributed by atoms with E-state index in [-0.39, 0.29) is 6.04 Å². The Balaban J connectivity index is 1.51. The molecule has 4 heterocycles. The lowest BCUT2D eigenvalue weighted by atomic mass is 10.2. The number of nitrogens with zero attached hydrogens (tertiary/aromatic N) is 6. The summed E-state index contributed by atoms with van der Waals surface area (Å²) in [6.45, 7) is 12.0. The number of aryl methyl sites for hydroxylation is 3. The van der Waals surface area contributed by atoms with Crippen LogP contribution in [0.4, 0.5) is 11.6 Å². The predicted octanol–water partition coefficient (Wildman–Crippen LogP) is 2.87. The third-order valence-corrected chi connectivity index (χ3v) is 6.50. The number of rotatable bonds is 3. The van der Waals surface area contributed by atoms with Crippen molar-refractivity contribution in [3.63, 3.8) is 0 Å². The molecule has 3 aromatic heterocycles. The highest BCUT2D eigenvalue weighted by molar-refractivity contribution is 7.18. The van der Waals surface area contributed by atoms with Crippen LogP contribution < -0.4 is 10.6 Å². The van der Waals surface area contributed by atoms with Gasteiger partial charge in [-0.1, -0.05) is 0 Å². The second-order valence-corrected chi connectivity index (χ2v) is 8.29. The fourth-order valence-electron chi connectivity index (χ4n) is 3.61. The SMILES string of the molecule is Cc1nccc(N2CCN(C(C)c3nc(N)c4c(C)c(C)sc4n3)CC2)n1. The molecule has 27 heavy (non-hydrogen) atoms. The Bertz CT molecular complexity index is 976. The van der Waals surface area contributed by atoms with E-state index in [1.807, 2.05) is 19.2 Å². The van der Waals surface area contributed by atoms with Crippen LogP contribution in [0.3, 0.4) is 0 Å². The van der Waals surface area contributed by atoms with E-state index in [1.165, 1.54) is 10.4 Å². The Kier molecular flexibility index (Phi) is 4.69. The van der Waals surface area contributed by atoms with Gasteiger partial charge in [-0.15, -0.1) is 11.3 Å². The van der Waals surface area contributed by atoms with Crippen molar-refractivity contribution in [3.05, 3.63) is 34.4 Å². The number of fused-ring (bicyclic) bond motifs is 1. The maximum absolute atomic E-state index is 6.27. The first kappa shape index (κ1) is 18.1. The largest absolute Gasteiger partial charge is 0.383 e. The van der Waals surface area contributed by atoms with Gasteiger partial charge in [-0.25, -0.2) is 19.9 Å². The Morgan fingerprint density at radius 2 is 1.81 bits per heavy atom. The van der Waals surface area contributed by atoms with Crippen LogP contribution in [-0.4, -0.2) is 51.0 Å². The van der Waals surface area contributed by atoms with Gasteiger partial charge in [-0.05, 0) is 39.3 Å². The number of anilines is 2. The van der Waals surface area contributed by atoms with Crippen LogP contribution in [0, 0.1) is 20.8 Å². The van der Waals surface area contributed by atoms with Gasteiger partial charge in [0.15, 0.2) is 0 Å². The standard InChI is InChI=1S/C19H25N7S/c1-11-13(3)27-19-16(11)17(20)23-18(24-19)12(2)25-7-9-26(10-8-25)15-5-6-21-14(4)22-15/h5-6,12H,7-10H2,1-4H3,(H2,20,23,24). The van der Waals surface area contributed by atoms with Gasteiger partial charge in [-0.3, -0.25) is 4.90 Å². The molecule has 7 nitrogen and oxygen atoms in total. The highest BCUT2D eigenvalue weighted by atomic mass is 32.1. The molecule has 8 heteroatoms. The smallest absolute Gasteiger partial charge is 0.149 e. The van der Waals surface area contributed by atoms with Gasteiger partial charge in [0.05, 0.1) is 11.4 Å². The molecular formula is C19H25N7S. The van der Waals surface area contributed by atoms with Crippen LogP contribution in [0.2, 0.25) is 0 Å². The number of thiophene rings is 1. The van der Waals surface area contributed by atoms with E-state index in [4.69, 9.17) is 10.7 Å². The topological polar surface area (TPSA) is 84.1 Å². The van der Waals surface area contributed by atoms with Gasteiger partial charge in [0, 0.05) is 37.3 Å². The van der Waals surface area contributed by atoms with Crippen LogP contribution in [0.5, 0.6) is 0 Å². The zero-order valence-corrected chi connectivity index (χ0v) is 17.0. The average molecular weight is 384 g/mol. The summed E-state index contributed by atoms with van der Waals surface area (Å²) in [5.74, 6) is 3.22. The molecule has 1 saturated heterocycles. The summed E-state index contributed by atoms with van der Waals surface area (Å²) in [6, 6.07) is 2.11. The molecule has 0 bridgehead atoms. The fourth-order valence-corrected chi connectivity index (χ4v) is 4.65. The molecule has 3 aromatic rings. The van der Waals surface area contributed by atoms with Crippen LogP contribution in [-0.2, 0) is 0 Å². The molecule has 0 radical (unpaired) electrons. The average Bonchev–Trinajstić information content (AvgIpc) is 2.95. The van der Waals surface area contributed by atoms with Crippen molar-refractivity contribution in [2.75, 3.05) is 36.8 Å². The minimum Gasteiger partial charge on any atom is -0.383 e. The minimum absolute atomic E-state index is 0.133. The second kappa shape index (κ2) is 7.01. The number of nitrogen functional groups attached to an aromatic ring is 1. The van der Waals surface area contributed by atoms with Gasteiger partial charge in [0.1, 0.15) is 28.1 Å². The highest BCUT2D eigenvalue weighted by Gasteiger charge is 2.25. The molecule has 1 aliphatic rings. The lowest BCUT2D eigenvalue weighted by Crippen LogP contribution is -2.47. The molecule has 1 fully saturated rings. The van der Waals surface area contributed by atoms with Crippen molar-refractivity contribution in [3.8, 4) is 0 Å². The van der Waals surface area contributed by atoms with Crippen molar-refractivity contribution in [2.24, 2.45) is 0 Å². The number of piperazine rings is 1. The molecule has 0 aliphatic carbocycles. The summed E-state index contributed by atoms with van der Waals surface area (Å²) in [7, 11) is 0. The molecule has 2 N–H and O–H groups in total. The van der Waals surface area contributed by atoms with E-state index in [9.17, 15) is 0 Å². The zero-order chi connectivity index (χ0) is 19.1. The van der Waals surface area contributed by atoms with Gasteiger partial charge in [0.2, 0.25) is 0 Å². The van der Waals surface area contributed by atoms with Crippen LogP contribution in [0.1, 0.15) is 35.1 Å². The molecule has 4 rings (SSSR count). The first-order chi connectivity index (χ1) is 12.9. The van der Waals surface area contributed by atoms with E-state index >= 15 is 0 Å². The quantitative estimate of drug-likeness (QED) is 0.744. The third-order valence-electron chi connectivity index (χ3n) is 5.39. The Hall–Kier alpha value is -2.32. The molecule has 142 valence electrons. The number of hydrogen-bond donors (Lipinski definition) is 1. The molecule has 0 saturated carbocycles. The maximum Gasteiger partial charge on any atom is 0.149 e. The molecule has 0 spiro atoms. The molecule has 1 atom stereocenters. The maximum atomic E-state index is 6.27. The molecule has 0 amide bonds. The lowest BCUT2D eigenvalue weighted by Gasteiger charge is -2.38. The monoisotopic (exact) mass is 383 g/mol. The first-order valence-electron chi connectivity index (χ1n) is 9.26. The minimum atomic E-state index is 0.133. The van der Waals surface area contributed by atoms with Crippen LogP contribution >= 0.6 is 11.3 Å². The Morgan fingerprint density at radius 1 is 1.07 bits per heavy atom. The van der Waals surface area contributed by atoms with E-state index in [0.717, 1.165) is 53.9 Å². The summed E-state index contributed by atoms with van der Waals surface area (Å²) in [4.78, 5) is 25.2. The van der Waals surface area contributed by atoms with Gasteiger partial charge in [0.25, 0.3) is 0 Å². The van der Waals surface area contributed by atoms with Crippen LogP contribution in [0.25, 0.3) is 10.2 Å². The molecule has 1 aliphatic heterocycles. The number of hydrogen-bond acceptors (Lipinski definition) is 8. The third kappa shape index (κ3) is 3.35. The van der Waals surface area contributed by atoms with Crippen molar-refractivity contribution >= 4 is 33.2 Å². The van der Waals surface area contributed by atoms with Crippen LogP contribution in [0.15, 0.2) is 12.3 Å². The fraction of sp³-hybridized carbons (Fsp3) is 0.474. The summed E-state index contributed by atoms with van der Waals surface area (Å²) < 4.78 is 0. The van der Waals surface area contributed by atoms with Gasteiger partial charge < -0.3 is 10.6 Å². The van der Waals surface area contributed by atoms with Crippen molar-refractivity contribution in [2.45, 2.75) is 33.7 Å². The van der Waals surface area contributed by atoms with Crippen molar-refractivity contribution < 1.29 is 0 Å². The van der Waals surface area contributed by atoms with Gasteiger partial charge >= 0.3 is 0 Å². The normalized spacial score (nSPS) is 16.8. The summed E-state index contributed by atoms with van der Waals surface area (Å²) >= 11 is 1.70. The predicted molar refractivity (Wildman–Crippen MR) is 110 cm³/mol. The van der Waals surface area contributed by atoms with E-state index in [0.29, 0.717) is 5.82 Å². The zero-order valence-electron chi connectivity index (χ0n) is 16.2. The molecule has 1 unspecified atom stereocenters. The second-order valence-electron chi connectivity index (χ2n) is 7.09. The highest BCUT2D eigenvalue weighted by Crippen LogP contribution is 2.33. The summed E-state index contributed by atoms with van der Waals surface area (Å²) in [6.07, 6.45) is 1.82. The molecule has 0 aromatic carbocycles. The summed E-state index contributed by atoms with van der Waals surface area (Å²) in [5, 5.41) is 1.01. The van der Waals surface area contributed by atoms with E-state index in [2.05, 4.69) is 45.5 Å². The molecular weight excluding hydrogens is 358 g/mol. The van der Waals surface area contributed by atoms with Crippen molar-refractivity contribution in [1.29, 1.82) is 0 Å².